The Labute approximate surface area is 140 Å². The number of nitrogens with one attached hydrogen (secondary N) is 1. The number of hydrogen-bond acceptors (Lipinski definition) is 4. The molecule has 0 fully saturated rings. The average Bonchev–Trinajstić information content (AvgIpc) is 3.17. The summed E-state index contributed by atoms with van der Waals surface area (Å²) in [5, 5.41) is 3.63. The van der Waals surface area contributed by atoms with Gasteiger partial charge in [0.05, 0.1) is 13.2 Å². The van der Waals surface area contributed by atoms with Crippen LogP contribution in [0, 0.1) is 6.92 Å². The van der Waals surface area contributed by atoms with Crippen molar-refractivity contribution in [3.05, 3.63) is 69.9 Å². The summed E-state index contributed by atoms with van der Waals surface area (Å²) in [6.45, 7) is 2.95. The first kappa shape index (κ1) is 15.8. The van der Waals surface area contributed by atoms with Crippen LogP contribution in [0.5, 0.6) is 5.75 Å². The van der Waals surface area contributed by atoms with Crippen LogP contribution >= 0.6 is 11.3 Å². The number of hydrogen-bond donors (Lipinski definition) is 1. The molecule has 2 aromatic heterocycles. The van der Waals surface area contributed by atoms with Gasteiger partial charge >= 0.3 is 0 Å². The van der Waals surface area contributed by atoms with Crippen LogP contribution in [0.15, 0.2) is 48.8 Å². The number of aromatic nitrogens is 2. The predicted molar refractivity (Wildman–Crippen MR) is 93.9 cm³/mol. The Balaban J connectivity index is 1.85. The lowest BCUT2D eigenvalue weighted by Gasteiger charge is -2.19. The fraction of sp³-hybridized carbons (Fsp3) is 0.278. The van der Waals surface area contributed by atoms with Crippen molar-refractivity contribution in [1.82, 2.24) is 14.9 Å². The minimum Gasteiger partial charge on any atom is -0.497 e. The maximum atomic E-state index is 5.26. The third-order valence-corrected chi connectivity index (χ3v) is 4.84. The maximum Gasteiger partial charge on any atom is 0.130 e. The molecule has 0 spiro atoms. The molecule has 0 saturated carbocycles. The number of benzene rings is 1. The molecule has 5 heteroatoms. The summed E-state index contributed by atoms with van der Waals surface area (Å²) >= 11 is 1.82. The highest BCUT2D eigenvalue weighted by atomic mass is 32.1. The zero-order valence-electron chi connectivity index (χ0n) is 13.6. The lowest BCUT2D eigenvalue weighted by Crippen LogP contribution is -2.24. The number of ether oxygens (including phenoxy) is 1. The molecule has 4 nitrogen and oxygen atoms in total. The van der Waals surface area contributed by atoms with Gasteiger partial charge in [0.2, 0.25) is 0 Å². The summed E-state index contributed by atoms with van der Waals surface area (Å²) in [7, 11) is 3.71. The monoisotopic (exact) mass is 327 g/mol. The fourth-order valence-corrected chi connectivity index (χ4v) is 3.43. The number of methoxy groups -OCH3 is 1. The van der Waals surface area contributed by atoms with Crippen molar-refractivity contribution in [2.75, 3.05) is 7.11 Å². The van der Waals surface area contributed by atoms with Crippen molar-refractivity contribution in [2.24, 2.45) is 7.05 Å². The highest BCUT2D eigenvalue weighted by molar-refractivity contribution is 7.11. The van der Waals surface area contributed by atoms with E-state index in [1.165, 1.54) is 15.3 Å². The number of rotatable bonds is 6. The Bertz CT molecular complexity index is 761. The van der Waals surface area contributed by atoms with E-state index in [1.807, 2.05) is 42.9 Å². The van der Waals surface area contributed by atoms with Crippen LogP contribution in [0.2, 0.25) is 0 Å². The summed E-state index contributed by atoms with van der Waals surface area (Å²) in [6, 6.07) is 12.5. The second-order valence-electron chi connectivity index (χ2n) is 5.50. The molecule has 0 aliphatic heterocycles. The van der Waals surface area contributed by atoms with Crippen LogP contribution in [-0.4, -0.2) is 16.7 Å². The van der Waals surface area contributed by atoms with E-state index in [1.54, 1.807) is 7.11 Å². The molecule has 0 radical (unpaired) electrons. The summed E-state index contributed by atoms with van der Waals surface area (Å²) in [6.07, 6.45) is 3.81. The molecular formula is C18H21N3OS. The van der Waals surface area contributed by atoms with Crippen molar-refractivity contribution in [2.45, 2.75) is 19.5 Å². The Morgan fingerprint density at radius 1 is 1.22 bits per heavy atom. The van der Waals surface area contributed by atoms with Gasteiger partial charge in [-0.1, -0.05) is 12.1 Å². The minimum atomic E-state index is 0.0447. The zero-order chi connectivity index (χ0) is 16.2. The van der Waals surface area contributed by atoms with Crippen LogP contribution in [0.25, 0.3) is 0 Å². The topological polar surface area (TPSA) is 39.1 Å². The molecule has 0 aliphatic rings. The zero-order valence-corrected chi connectivity index (χ0v) is 14.4. The third-order valence-electron chi connectivity index (χ3n) is 3.84. The summed E-state index contributed by atoms with van der Waals surface area (Å²) in [5.41, 5.74) is 1.17. The Hall–Kier alpha value is -2.11. The van der Waals surface area contributed by atoms with E-state index < -0.39 is 0 Å². The fourth-order valence-electron chi connectivity index (χ4n) is 2.59. The third kappa shape index (κ3) is 3.63. The number of nitrogens with zero attached hydrogens (tertiary/aromatic N) is 2. The SMILES string of the molecule is COc1ccc(C(NCc2ccc(C)s2)c2nccn2C)cc1. The molecule has 1 aromatic carbocycles. The molecule has 3 aromatic rings. The predicted octanol–water partition coefficient (Wildman–Crippen LogP) is 3.68. The number of aryl methyl sites for hydroxylation is 2. The van der Waals surface area contributed by atoms with E-state index in [9.17, 15) is 0 Å². The second kappa shape index (κ2) is 6.98. The van der Waals surface area contributed by atoms with Gasteiger partial charge in [-0.05, 0) is 36.8 Å². The molecule has 2 heterocycles. The maximum absolute atomic E-state index is 5.26. The quantitative estimate of drug-likeness (QED) is 0.751. The van der Waals surface area contributed by atoms with Gasteiger partial charge < -0.3 is 9.30 Å². The van der Waals surface area contributed by atoms with Gasteiger partial charge in [-0.25, -0.2) is 4.98 Å². The molecule has 3 rings (SSSR count). The molecule has 1 N–H and O–H groups in total. The van der Waals surface area contributed by atoms with Crippen LogP contribution in [0.4, 0.5) is 0 Å². The van der Waals surface area contributed by atoms with Crippen molar-refractivity contribution in [3.8, 4) is 5.75 Å². The van der Waals surface area contributed by atoms with Crippen LogP contribution in [-0.2, 0) is 13.6 Å². The molecule has 0 saturated heterocycles. The summed E-state index contributed by atoms with van der Waals surface area (Å²) in [5.74, 6) is 1.87. The lowest BCUT2D eigenvalue weighted by molar-refractivity contribution is 0.414. The van der Waals surface area contributed by atoms with Crippen molar-refractivity contribution >= 4 is 11.3 Å². The van der Waals surface area contributed by atoms with E-state index in [0.29, 0.717) is 0 Å². The first-order chi connectivity index (χ1) is 11.2. The number of imidazole rings is 1. The number of thiophene rings is 1. The average molecular weight is 327 g/mol. The molecular weight excluding hydrogens is 306 g/mol. The molecule has 1 unspecified atom stereocenters. The van der Waals surface area contributed by atoms with E-state index in [4.69, 9.17) is 4.74 Å². The first-order valence-electron chi connectivity index (χ1n) is 7.57. The summed E-state index contributed by atoms with van der Waals surface area (Å²) < 4.78 is 7.31. The van der Waals surface area contributed by atoms with Crippen molar-refractivity contribution in [1.29, 1.82) is 0 Å². The molecule has 0 amide bonds. The minimum absolute atomic E-state index is 0.0447. The largest absolute Gasteiger partial charge is 0.497 e. The van der Waals surface area contributed by atoms with E-state index in [0.717, 1.165) is 18.1 Å². The molecule has 0 bridgehead atoms. The smallest absolute Gasteiger partial charge is 0.130 e. The van der Waals surface area contributed by atoms with E-state index in [2.05, 4.69) is 46.1 Å². The van der Waals surface area contributed by atoms with Gasteiger partial charge in [-0.2, -0.15) is 0 Å². The van der Waals surface area contributed by atoms with Gasteiger partial charge in [0, 0.05) is 35.7 Å². The van der Waals surface area contributed by atoms with Crippen molar-refractivity contribution < 1.29 is 4.74 Å². The normalized spacial score (nSPS) is 12.3. The van der Waals surface area contributed by atoms with Crippen LogP contribution in [0.3, 0.4) is 0 Å². The lowest BCUT2D eigenvalue weighted by atomic mass is 10.1. The van der Waals surface area contributed by atoms with Crippen molar-refractivity contribution in [3.63, 3.8) is 0 Å². The molecule has 0 aliphatic carbocycles. The molecule has 23 heavy (non-hydrogen) atoms. The van der Waals surface area contributed by atoms with Gasteiger partial charge in [-0.3, -0.25) is 5.32 Å². The highest BCUT2D eigenvalue weighted by Gasteiger charge is 2.18. The standard InChI is InChI=1S/C18H21N3OS/c1-13-4-9-16(23-13)12-20-17(18-19-10-11-21(18)2)14-5-7-15(22-3)8-6-14/h4-11,17,20H,12H2,1-3H3. The Morgan fingerprint density at radius 3 is 2.57 bits per heavy atom. The second-order valence-corrected chi connectivity index (χ2v) is 6.87. The van der Waals surface area contributed by atoms with Gasteiger partial charge in [0.1, 0.15) is 11.6 Å². The van der Waals surface area contributed by atoms with Gasteiger partial charge in [-0.15, -0.1) is 11.3 Å². The highest BCUT2D eigenvalue weighted by Crippen LogP contribution is 2.24. The van der Waals surface area contributed by atoms with E-state index in [-0.39, 0.29) is 6.04 Å². The molecule has 1 atom stereocenters. The first-order valence-corrected chi connectivity index (χ1v) is 8.39. The molecule has 120 valence electrons. The van der Waals surface area contributed by atoms with Crippen LogP contribution < -0.4 is 10.1 Å². The van der Waals surface area contributed by atoms with E-state index >= 15 is 0 Å². The Morgan fingerprint density at radius 2 is 2.00 bits per heavy atom. The van der Waals surface area contributed by atoms with Gasteiger partial charge in [0.25, 0.3) is 0 Å². The summed E-state index contributed by atoms with van der Waals surface area (Å²) in [4.78, 5) is 7.19. The Kier molecular flexibility index (Phi) is 4.79. The van der Waals surface area contributed by atoms with Crippen LogP contribution in [0.1, 0.15) is 27.2 Å². The van der Waals surface area contributed by atoms with Gasteiger partial charge in [0.15, 0.2) is 0 Å².